The Hall–Kier alpha value is -3.67. The molecule has 4 aromatic rings. The van der Waals surface area contributed by atoms with Gasteiger partial charge in [0.15, 0.2) is 0 Å². The lowest BCUT2D eigenvalue weighted by atomic mass is 10.2. The number of aromatic nitrogens is 2. The second-order valence-electron chi connectivity index (χ2n) is 7.20. The van der Waals surface area contributed by atoms with E-state index in [1.807, 2.05) is 54.6 Å². The molecule has 6 heteroatoms. The van der Waals surface area contributed by atoms with Crippen molar-refractivity contribution in [1.29, 1.82) is 0 Å². The van der Waals surface area contributed by atoms with Crippen LogP contribution in [0.5, 0.6) is 5.75 Å². The van der Waals surface area contributed by atoms with E-state index in [-0.39, 0.29) is 12.1 Å². The molecule has 31 heavy (non-hydrogen) atoms. The van der Waals surface area contributed by atoms with Crippen LogP contribution in [0, 0.1) is 5.82 Å². The molecule has 1 aromatic heterocycles. The number of ether oxygens (including phenoxy) is 1. The van der Waals surface area contributed by atoms with Gasteiger partial charge in [-0.05, 0) is 49.2 Å². The zero-order valence-corrected chi connectivity index (χ0v) is 17.1. The first kappa shape index (κ1) is 20.6. The number of hydrogen-bond acceptors (Lipinski definition) is 3. The highest BCUT2D eigenvalue weighted by Crippen LogP contribution is 2.18. The van der Waals surface area contributed by atoms with Gasteiger partial charge >= 0.3 is 0 Å². The average Bonchev–Trinajstić information content (AvgIpc) is 3.16. The molecule has 0 aliphatic carbocycles. The van der Waals surface area contributed by atoms with Crippen molar-refractivity contribution in [2.75, 3.05) is 6.61 Å². The number of carbonyl (C=O) groups excluding carboxylic acids is 1. The summed E-state index contributed by atoms with van der Waals surface area (Å²) in [5.41, 5.74) is 1.92. The van der Waals surface area contributed by atoms with E-state index in [0.29, 0.717) is 6.61 Å². The summed E-state index contributed by atoms with van der Waals surface area (Å²) in [5.74, 6) is 0.627. The number of unbranched alkanes of at least 4 members (excludes halogenated alkanes) is 1. The number of fused-ring (bicyclic) bond motifs is 1. The van der Waals surface area contributed by atoms with Gasteiger partial charge in [-0.2, -0.15) is 0 Å². The Bertz CT molecular complexity index is 1160. The zero-order chi connectivity index (χ0) is 21.5. The van der Waals surface area contributed by atoms with Gasteiger partial charge in [0.05, 0.1) is 29.7 Å². The zero-order valence-electron chi connectivity index (χ0n) is 17.1. The van der Waals surface area contributed by atoms with Gasteiger partial charge in [-0.25, -0.2) is 9.37 Å². The number of halogens is 1. The number of aryl methyl sites for hydroxylation is 1. The molecule has 5 nitrogen and oxygen atoms in total. The monoisotopic (exact) mass is 417 g/mol. The predicted molar refractivity (Wildman–Crippen MR) is 118 cm³/mol. The number of benzene rings is 3. The summed E-state index contributed by atoms with van der Waals surface area (Å²) < 4.78 is 21.8. The maximum absolute atomic E-state index is 13.9. The number of nitrogens with one attached hydrogen (secondary N) is 1. The van der Waals surface area contributed by atoms with E-state index in [2.05, 4.69) is 14.9 Å². The fraction of sp³-hybridized carbons (Fsp3) is 0.200. The Balaban J connectivity index is 1.39. The average molecular weight is 417 g/mol. The summed E-state index contributed by atoms with van der Waals surface area (Å²) in [6.45, 7) is 1.61. The topological polar surface area (TPSA) is 56.2 Å². The molecule has 0 spiro atoms. The predicted octanol–water partition coefficient (Wildman–Crippen LogP) is 4.96. The van der Waals surface area contributed by atoms with Crippen LogP contribution in [0.4, 0.5) is 4.39 Å². The molecular formula is C25H24FN3O2. The van der Waals surface area contributed by atoms with Gasteiger partial charge in [0.2, 0.25) is 0 Å². The Labute approximate surface area is 180 Å². The molecule has 0 fully saturated rings. The van der Waals surface area contributed by atoms with Crippen molar-refractivity contribution in [2.45, 2.75) is 25.9 Å². The van der Waals surface area contributed by atoms with Gasteiger partial charge < -0.3 is 14.6 Å². The summed E-state index contributed by atoms with van der Waals surface area (Å²) in [5, 5.41) is 2.79. The van der Waals surface area contributed by atoms with E-state index in [1.165, 1.54) is 12.1 Å². The second kappa shape index (κ2) is 9.89. The standard InChI is InChI=1S/C25H24FN3O2/c26-21-13-5-4-12-20(21)25(30)27-18-24-28-22-14-6-7-15-23(22)29(24)16-8-9-17-31-19-10-2-1-3-11-19/h1-7,10-15H,8-9,16-18H2,(H,27,30). The van der Waals surface area contributed by atoms with E-state index in [4.69, 9.17) is 4.74 Å². The number of amides is 1. The van der Waals surface area contributed by atoms with Gasteiger partial charge in [0, 0.05) is 6.54 Å². The minimum absolute atomic E-state index is 0.0308. The molecule has 158 valence electrons. The molecule has 0 aliphatic rings. The van der Waals surface area contributed by atoms with Crippen molar-refractivity contribution in [3.63, 3.8) is 0 Å². The highest BCUT2D eigenvalue weighted by atomic mass is 19.1. The van der Waals surface area contributed by atoms with Gasteiger partial charge in [0.1, 0.15) is 17.4 Å². The molecule has 1 N–H and O–H groups in total. The van der Waals surface area contributed by atoms with E-state index in [9.17, 15) is 9.18 Å². The van der Waals surface area contributed by atoms with Crippen LogP contribution in [0.25, 0.3) is 11.0 Å². The molecule has 0 aliphatic heterocycles. The van der Waals surface area contributed by atoms with Gasteiger partial charge in [-0.1, -0.05) is 42.5 Å². The van der Waals surface area contributed by atoms with E-state index < -0.39 is 11.7 Å². The lowest BCUT2D eigenvalue weighted by Crippen LogP contribution is -2.25. The second-order valence-corrected chi connectivity index (χ2v) is 7.20. The van der Waals surface area contributed by atoms with Crippen molar-refractivity contribution in [1.82, 2.24) is 14.9 Å². The molecule has 1 amide bonds. The first-order valence-electron chi connectivity index (χ1n) is 10.4. The summed E-state index contributed by atoms with van der Waals surface area (Å²) >= 11 is 0. The van der Waals surface area contributed by atoms with Crippen LogP contribution in [0.15, 0.2) is 78.9 Å². The maximum Gasteiger partial charge on any atom is 0.254 e. The Kier molecular flexibility index (Phi) is 6.57. The van der Waals surface area contributed by atoms with Crippen LogP contribution in [-0.4, -0.2) is 22.1 Å². The molecular weight excluding hydrogens is 393 g/mol. The molecule has 0 saturated carbocycles. The number of rotatable bonds is 9. The third kappa shape index (κ3) is 5.09. The SMILES string of the molecule is O=C(NCc1nc2ccccc2n1CCCCOc1ccccc1)c1ccccc1F. The fourth-order valence-electron chi connectivity index (χ4n) is 3.49. The highest BCUT2D eigenvalue weighted by molar-refractivity contribution is 5.94. The highest BCUT2D eigenvalue weighted by Gasteiger charge is 2.14. The van der Waals surface area contributed by atoms with Crippen molar-refractivity contribution in [3.8, 4) is 5.75 Å². The van der Waals surface area contributed by atoms with Crippen LogP contribution in [-0.2, 0) is 13.1 Å². The van der Waals surface area contributed by atoms with Gasteiger partial charge in [-0.3, -0.25) is 4.79 Å². The van der Waals surface area contributed by atoms with E-state index in [0.717, 1.165) is 42.0 Å². The van der Waals surface area contributed by atoms with Crippen LogP contribution < -0.4 is 10.1 Å². The molecule has 4 rings (SSSR count). The molecule has 3 aromatic carbocycles. The number of hydrogen-bond donors (Lipinski definition) is 1. The smallest absolute Gasteiger partial charge is 0.254 e. The molecule has 0 bridgehead atoms. The first-order valence-corrected chi connectivity index (χ1v) is 10.4. The lowest BCUT2D eigenvalue weighted by molar-refractivity contribution is 0.0945. The van der Waals surface area contributed by atoms with Crippen molar-refractivity contribution in [2.24, 2.45) is 0 Å². The first-order chi connectivity index (χ1) is 15.2. The Morgan fingerprint density at radius 1 is 0.935 bits per heavy atom. The number of nitrogens with zero attached hydrogens (tertiary/aromatic N) is 2. The van der Waals surface area contributed by atoms with E-state index in [1.54, 1.807) is 12.1 Å². The quantitative estimate of drug-likeness (QED) is 0.392. The largest absolute Gasteiger partial charge is 0.494 e. The van der Waals surface area contributed by atoms with Crippen LogP contribution >= 0.6 is 0 Å². The van der Waals surface area contributed by atoms with Crippen molar-refractivity contribution < 1.29 is 13.9 Å². The molecule has 0 saturated heterocycles. The summed E-state index contributed by atoms with van der Waals surface area (Å²) in [4.78, 5) is 17.1. The minimum atomic E-state index is -0.535. The third-order valence-electron chi connectivity index (χ3n) is 5.05. The Morgan fingerprint density at radius 3 is 2.52 bits per heavy atom. The maximum atomic E-state index is 13.9. The number of imidazole rings is 1. The summed E-state index contributed by atoms with van der Waals surface area (Å²) in [6, 6.07) is 23.6. The molecule has 0 radical (unpaired) electrons. The Morgan fingerprint density at radius 2 is 1.68 bits per heavy atom. The number of carbonyl (C=O) groups is 1. The molecule has 1 heterocycles. The normalized spacial score (nSPS) is 10.9. The summed E-state index contributed by atoms with van der Waals surface area (Å²) in [6.07, 6.45) is 1.80. The van der Waals surface area contributed by atoms with Crippen LogP contribution in [0.2, 0.25) is 0 Å². The van der Waals surface area contributed by atoms with Crippen molar-refractivity contribution >= 4 is 16.9 Å². The van der Waals surface area contributed by atoms with Crippen LogP contribution in [0.3, 0.4) is 0 Å². The van der Waals surface area contributed by atoms with Gasteiger partial charge in [-0.15, -0.1) is 0 Å². The molecule has 0 unspecified atom stereocenters. The van der Waals surface area contributed by atoms with Crippen molar-refractivity contribution in [3.05, 3.63) is 96.1 Å². The number of para-hydroxylation sites is 3. The summed E-state index contributed by atoms with van der Waals surface area (Å²) in [7, 11) is 0. The third-order valence-corrected chi connectivity index (χ3v) is 5.05. The lowest BCUT2D eigenvalue weighted by Gasteiger charge is -2.11. The molecule has 0 atom stereocenters. The van der Waals surface area contributed by atoms with E-state index >= 15 is 0 Å². The minimum Gasteiger partial charge on any atom is -0.494 e. The van der Waals surface area contributed by atoms with Gasteiger partial charge in [0.25, 0.3) is 5.91 Å². The fourth-order valence-corrected chi connectivity index (χ4v) is 3.49. The van der Waals surface area contributed by atoms with Crippen LogP contribution in [0.1, 0.15) is 29.0 Å².